The second kappa shape index (κ2) is 4.45. The molecule has 0 N–H and O–H groups in total. The van der Waals surface area contributed by atoms with Crippen LogP contribution in [0.1, 0.15) is 5.76 Å². The first-order valence-corrected chi connectivity index (χ1v) is 5.46. The third-order valence-corrected chi connectivity index (χ3v) is 2.56. The third kappa shape index (κ3) is 2.56. The Hall–Kier alpha value is -2.03. The number of nitrogens with zero attached hydrogens (tertiary/aromatic N) is 1. The molecule has 0 atom stereocenters. The highest BCUT2D eigenvalue weighted by Crippen LogP contribution is 2.21. The summed E-state index contributed by atoms with van der Waals surface area (Å²) in [7, 11) is 3.98. The van der Waals surface area contributed by atoms with Gasteiger partial charge in [-0.15, -0.1) is 0 Å². The summed E-state index contributed by atoms with van der Waals surface area (Å²) < 4.78 is 5.53. The van der Waals surface area contributed by atoms with E-state index in [4.69, 9.17) is 4.42 Å². The van der Waals surface area contributed by atoms with Crippen molar-refractivity contribution in [3.05, 3.63) is 52.4 Å². The van der Waals surface area contributed by atoms with Crippen molar-refractivity contribution >= 4 is 5.69 Å². The van der Waals surface area contributed by atoms with Gasteiger partial charge < -0.3 is 9.32 Å². The highest BCUT2D eigenvalue weighted by Gasteiger charge is 2.03. The molecular weight excluding hydrogens is 214 g/mol. The fraction of sp³-hybridized carbons (Fsp3) is 0.214. The van der Waals surface area contributed by atoms with Crippen molar-refractivity contribution in [2.24, 2.45) is 0 Å². The fourth-order valence-electron chi connectivity index (χ4n) is 1.67. The number of hydrogen-bond donors (Lipinski definition) is 0. The van der Waals surface area contributed by atoms with Crippen LogP contribution in [0.25, 0.3) is 11.3 Å². The van der Waals surface area contributed by atoms with Gasteiger partial charge in [-0.25, -0.2) is 0 Å². The molecule has 2 aromatic rings. The molecule has 0 saturated heterocycles. The van der Waals surface area contributed by atoms with Gasteiger partial charge in [0.25, 0.3) is 0 Å². The van der Waals surface area contributed by atoms with Crippen LogP contribution >= 0.6 is 0 Å². The topological polar surface area (TPSA) is 33.5 Å². The minimum Gasteiger partial charge on any atom is -0.461 e. The smallest absolute Gasteiger partial charge is 0.185 e. The van der Waals surface area contributed by atoms with Gasteiger partial charge >= 0.3 is 0 Å². The van der Waals surface area contributed by atoms with E-state index >= 15 is 0 Å². The van der Waals surface area contributed by atoms with E-state index in [0.29, 0.717) is 11.5 Å². The maximum Gasteiger partial charge on any atom is 0.185 e. The van der Waals surface area contributed by atoms with E-state index < -0.39 is 0 Å². The maximum absolute atomic E-state index is 11.4. The van der Waals surface area contributed by atoms with Crippen LogP contribution in [0.2, 0.25) is 0 Å². The lowest BCUT2D eigenvalue weighted by Crippen LogP contribution is -2.08. The van der Waals surface area contributed by atoms with E-state index in [0.717, 1.165) is 11.3 Å². The molecule has 0 unspecified atom stereocenters. The van der Waals surface area contributed by atoms with E-state index in [1.165, 1.54) is 12.1 Å². The summed E-state index contributed by atoms with van der Waals surface area (Å²) in [5.74, 6) is 1.24. The molecule has 0 radical (unpaired) electrons. The van der Waals surface area contributed by atoms with Gasteiger partial charge in [0.05, 0.1) is 0 Å². The number of hydrogen-bond acceptors (Lipinski definition) is 3. The zero-order chi connectivity index (χ0) is 12.4. The van der Waals surface area contributed by atoms with Crippen molar-refractivity contribution in [3.63, 3.8) is 0 Å². The predicted octanol–water partition coefficient (Wildman–Crippen LogP) is 2.68. The van der Waals surface area contributed by atoms with Gasteiger partial charge in [-0.1, -0.05) is 0 Å². The van der Waals surface area contributed by atoms with E-state index in [1.54, 1.807) is 6.92 Å². The van der Waals surface area contributed by atoms with E-state index in [-0.39, 0.29) is 5.43 Å². The van der Waals surface area contributed by atoms with E-state index in [1.807, 2.05) is 43.3 Å². The molecule has 17 heavy (non-hydrogen) atoms. The molecule has 0 amide bonds. The minimum absolute atomic E-state index is 0.0274. The number of rotatable bonds is 2. The monoisotopic (exact) mass is 229 g/mol. The Morgan fingerprint density at radius 3 is 2.24 bits per heavy atom. The molecule has 1 aromatic heterocycles. The standard InChI is InChI=1S/C14H15NO2/c1-10-8-13(16)9-14(17-10)11-4-6-12(7-5-11)15(2)3/h4-9H,1-3H3. The summed E-state index contributed by atoms with van der Waals surface area (Å²) in [6, 6.07) is 10.9. The Labute approximate surface area is 100 Å². The van der Waals surface area contributed by atoms with Gasteiger partial charge in [-0.05, 0) is 31.2 Å². The summed E-state index contributed by atoms with van der Waals surface area (Å²) in [5, 5.41) is 0. The quantitative estimate of drug-likeness (QED) is 0.793. The molecule has 0 saturated carbocycles. The van der Waals surface area contributed by atoms with Gasteiger partial charge in [0.1, 0.15) is 11.5 Å². The van der Waals surface area contributed by atoms with Crippen LogP contribution in [0.15, 0.2) is 45.6 Å². The number of anilines is 1. The zero-order valence-corrected chi connectivity index (χ0v) is 10.2. The molecule has 0 spiro atoms. The van der Waals surface area contributed by atoms with Crippen molar-refractivity contribution < 1.29 is 4.42 Å². The molecule has 3 nitrogen and oxygen atoms in total. The second-order valence-corrected chi connectivity index (χ2v) is 4.21. The van der Waals surface area contributed by atoms with Gasteiger partial charge in [-0.3, -0.25) is 4.79 Å². The highest BCUT2D eigenvalue weighted by molar-refractivity contribution is 5.61. The van der Waals surface area contributed by atoms with Gasteiger partial charge in [0, 0.05) is 37.5 Å². The fourth-order valence-corrected chi connectivity index (χ4v) is 1.67. The van der Waals surface area contributed by atoms with E-state index in [9.17, 15) is 4.79 Å². The van der Waals surface area contributed by atoms with Crippen LogP contribution in [0.4, 0.5) is 5.69 Å². The average Bonchev–Trinajstić information content (AvgIpc) is 2.28. The summed E-state index contributed by atoms with van der Waals surface area (Å²) in [4.78, 5) is 13.4. The van der Waals surface area contributed by atoms with Crippen LogP contribution in [0.5, 0.6) is 0 Å². The molecule has 0 aliphatic rings. The zero-order valence-electron chi connectivity index (χ0n) is 10.2. The Morgan fingerprint density at radius 1 is 1.06 bits per heavy atom. The highest BCUT2D eigenvalue weighted by atomic mass is 16.3. The molecule has 0 fully saturated rings. The summed E-state index contributed by atoms with van der Waals surface area (Å²) in [6.45, 7) is 1.78. The molecule has 3 heteroatoms. The Bertz CT molecular complexity index is 568. The molecule has 1 heterocycles. The van der Waals surface area contributed by atoms with Gasteiger partial charge in [-0.2, -0.15) is 0 Å². The van der Waals surface area contributed by atoms with E-state index in [2.05, 4.69) is 0 Å². The van der Waals surface area contributed by atoms with Crippen LogP contribution < -0.4 is 10.3 Å². The van der Waals surface area contributed by atoms with Gasteiger partial charge in [0.2, 0.25) is 0 Å². The van der Waals surface area contributed by atoms with Crippen molar-refractivity contribution in [1.82, 2.24) is 0 Å². The maximum atomic E-state index is 11.4. The predicted molar refractivity (Wildman–Crippen MR) is 69.5 cm³/mol. The third-order valence-electron chi connectivity index (χ3n) is 2.56. The lowest BCUT2D eigenvalue weighted by atomic mass is 10.1. The van der Waals surface area contributed by atoms with Crippen molar-refractivity contribution in [2.45, 2.75) is 6.92 Å². The Morgan fingerprint density at radius 2 is 1.71 bits per heavy atom. The average molecular weight is 229 g/mol. The molecule has 0 aliphatic heterocycles. The normalized spacial score (nSPS) is 10.3. The summed E-state index contributed by atoms with van der Waals surface area (Å²) in [5.41, 5.74) is 2.00. The van der Waals surface area contributed by atoms with Crippen LogP contribution in [-0.2, 0) is 0 Å². The molecule has 2 rings (SSSR count). The molecule has 1 aromatic carbocycles. The first-order valence-electron chi connectivity index (χ1n) is 5.46. The SMILES string of the molecule is Cc1cc(=O)cc(-c2ccc(N(C)C)cc2)o1. The minimum atomic E-state index is -0.0274. The number of aryl methyl sites for hydroxylation is 1. The lowest BCUT2D eigenvalue weighted by Gasteiger charge is -2.12. The molecular formula is C14H15NO2. The molecule has 88 valence electrons. The van der Waals surface area contributed by atoms with Gasteiger partial charge in [0.15, 0.2) is 5.43 Å². The molecule has 0 aliphatic carbocycles. The second-order valence-electron chi connectivity index (χ2n) is 4.21. The largest absolute Gasteiger partial charge is 0.461 e. The lowest BCUT2D eigenvalue weighted by molar-refractivity contribution is 0.530. The number of benzene rings is 1. The first-order chi connectivity index (χ1) is 8.06. The first kappa shape index (κ1) is 11.5. The van der Waals surface area contributed by atoms with Crippen LogP contribution in [0.3, 0.4) is 0 Å². The van der Waals surface area contributed by atoms with Crippen LogP contribution in [0, 0.1) is 6.92 Å². The van der Waals surface area contributed by atoms with Crippen LogP contribution in [-0.4, -0.2) is 14.1 Å². The summed E-state index contributed by atoms with van der Waals surface area (Å²) >= 11 is 0. The molecule has 0 bridgehead atoms. The summed E-state index contributed by atoms with van der Waals surface area (Å²) in [6.07, 6.45) is 0. The van der Waals surface area contributed by atoms with Crippen molar-refractivity contribution in [1.29, 1.82) is 0 Å². The Balaban J connectivity index is 2.43. The van der Waals surface area contributed by atoms with Crippen molar-refractivity contribution in [3.8, 4) is 11.3 Å². The Kier molecular flexibility index (Phi) is 3.00. The van der Waals surface area contributed by atoms with Crippen molar-refractivity contribution in [2.75, 3.05) is 19.0 Å².